The van der Waals surface area contributed by atoms with Crippen molar-refractivity contribution in [3.63, 3.8) is 0 Å². The Kier molecular flexibility index (Phi) is 9.54. The van der Waals surface area contributed by atoms with Gasteiger partial charge in [0.1, 0.15) is 5.76 Å². The van der Waals surface area contributed by atoms with Crippen LogP contribution in [0.1, 0.15) is 43.4 Å². The van der Waals surface area contributed by atoms with Crippen LogP contribution in [-0.4, -0.2) is 34.0 Å². The number of aliphatic imine (C=N–C) groups is 1. The number of guanidine groups is 1. The maximum atomic E-state index is 5.40. The molecule has 0 fully saturated rings. The minimum atomic E-state index is 0. The molecule has 0 radical (unpaired) electrons. The molecule has 0 saturated carbocycles. The number of nitrogens with one attached hydrogen (secondary N) is 2. The molecular formula is C17H29IN6O. The predicted molar refractivity (Wildman–Crippen MR) is 110 cm³/mol. The fraction of sp³-hybridized carbons (Fsp3) is 0.588. The highest BCUT2D eigenvalue weighted by Gasteiger charge is 2.13. The van der Waals surface area contributed by atoms with E-state index in [1.165, 1.54) is 5.56 Å². The van der Waals surface area contributed by atoms with Gasteiger partial charge in [-0.05, 0) is 25.3 Å². The number of aromatic nitrogens is 3. The molecule has 0 aromatic carbocycles. The second kappa shape index (κ2) is 11.1. The summed E-state index contributed by atoms with van der Waals surface area (Å²) in [4.78, 5) is 4.68. The zero-order valence-corrected chi connectivity index (χ0v) is 17.8. The molecular weight excluding hydrogens is 431 g/mol. The highest BCUT2D eigenvalue weighted by Crippen LogP contribution is 2.16. The lowest BCUT2D eigenvalue weighted by atomic mass is 10.1. The van der Waals surface area contributed by atoms with Crippen molar-refractivity contribution in [2.45, 2.75) is 46.6 Å². The summed E-state index contributed by atoms with van der Waals surface area (Å²) in [7, 11) is 1.93. The first-order valence-electron chi connectivity index (χ1n) is 8.63. The molecule has 7 nitrogen and oxygen atoms in total. The van der Waals surface area contributed by atoms with E-state index in [9.17, 15) is 0 Å². The van der Waals surface area contributed by atoms with Crippen LogP contribution in [0.3, 0.4) is 0 Å². The first-order chi connectivity index (χ1) is 11.7. The Morgan fingerprint density at radius 2 is 2.04 bits per heavy atom. The van der Waals surface area contributed by atoms with Crippen LogP contribution >= 0.6 is 24.0 Å². The largest absolute Gasteiger partial charge is 0.361 e. The van der Waals surface area contributed by atoms with E-state index < -0.39 is 0 Å². The Balaban J connectivity index is 0.00000312. The zero-order valence-electron chi connectivity index (χ0n) is 15.5. The molecule has 0 spiro atoms. The summed E-state index contributed by atoms with van der Waals surface area (Å²) < 4.78 is 7.22. The Morgan fingerprint density at radius 1 is 1.24 bits per heavy atom. The number of hydrogen-bond acceptors (Lipinski definition) is 4. The van der Waals surface area contributed by atoms with Gasteiger partial charge in [0.05, 0.1) is 18.4 Å². The number of aryl methyl sites for hydroxylation is 3. The van der Waals surface area contributed by atoms with Gasteiger partial charge >= 0.3 is 0 Å². The Labute approximate surface area is 166 Å². The number of rotatable bonds is 8. The van der Waals surface area contributed by atoms with Crippen molar-refractivity contribution >= 4 is 29.9 Å². The van der Waals surface area contributed by atoms with Gasteiger partial charge < -0.3 is 15.2 Å². The maximum Gasteiger partial charge on any atom is 0.191 e. The summed E-state index contributed by atoms with van der Waals surface area (Å²) >= 11 is 0. The lowest BCUT2D eigenvalue weighted by molar-refractivity contribution is 0.380. The van der Waals surface area contributed by atoms with E-state index in [0.717, 1.165) is 55.3 Å². The van der Waals surface area contributed by atoms with Crippen LogP contribution in [0.15, 0.2) is 21.9 Å². The lowest BCUT2D eigenvalue weighted by Gasteiger charge is -2.11. The molecule has 2 aromatic heterocycles. The molecule has 140 valence electrons. The minimum absolute atomic E-state index is 0. The van der Waals surface area contributed by atoms with Crippen molar-refractivity contribution in [3.05, 3.63) is 35.0 Å². The standard InChI is InChI=1S/C17H28N6O.HI/c1-5-15-14(16(6-2)24-22-15)11-20-17(18-7-3)19-9-8-13-10-21-23(4)12-13;/h10,12H,5-9,11H2,1-4H3,(H2,18,19,20);1H. The van der Waals surface area contributed by atoms with Crippen molar-refractivity contribution in [3.8, 4) is 0 Å². The molecule has 0 saturated heterocycles. The van der Waals surface area contributed by atoms with Gasteiger partial charge in [-0.1, -0.05) is 19.0 Å². The smallest absolute Gasteiger partial charge is 0.191 e. The molecule has 2 rings (SSSR count). The van der Waals surface area contributed by atoms with Crippen molar-refractivity contribution < 1.29 is 4.52 Å². The van der Waals surface area contributed by atoms with Gasteiger partial charge in [-0.25, -0.2) is 4.99 Å². The maximum absolute atomic E-state index is 5.40. The summed E-state index contributed by atoms with van der Waals surface area (Å²) in [6, 6.07) is 0. The van der Waals surface area contributed by atoms with E-state index in [2.05, 4.69) is 46.7 Å². The quantitative estimate of drug-likeness (QED) is 0.360. The summed E-state index contributed by atoms with van der Waals surface area (Å²) in [5.74, 6) is 1.74. The van der Waals surface area contributed by atoms with Crippen molar-refractivity contribution in [2.75, 3.05) is 13.1 Å². The van der Waals surface area contributed by atoms with E-state index in [1.807, 2.05) is 24.1 Å². The molecule has 2 N–H and O–H groups in total. The Morgan fingerprint density at radius 3 is 2.64 bits per heavy atom. The van der Waals surface area contributed by atoms with Crippen molar-refractivity contribution in [1.29, 1.82) is 0 Å². The van der Waals surface area contributed by atoms with E-state index >= 15 is 0 Å². The summed E-state index contributed by atoms with van der Waals surface area (Å²) in [5, 5.41) is 15.0. The third-order valence-electron chi connectivity index (χ3n) is 3.81. The number of nitrogens with zero attached hydrogens (tertiary/aromatic N) is 4. The molecule has 0 aliphatic carbocycles. The van der Waals surface area contributed by atoms with Gasteiger partial charge in [-0.15, -0.1) is 24.0 Å². The van der Waals surface area contributed by atoms with Crippen LogP contribution in [0.4, 0.5) is 0 Å². The fourth-order valence-corrected chi connectivity index (χ4v) is 2.54. The molecule has 25 heavy (non-hydrogen) atoms. The van der Waals surface area contributed by atoms with Gasteiger partial charge in [0.25, 0.3) is 0 Å². The minimum Gasteiger partial charge on any atom is -0.361 e. The van der Waals surface area contributed by atoms with Gasteiger partial charge in [-0.3, -0.25) is 4.68 Å². The monoisotopic (exact) mass is 460 g/mol. The normalized spacial score (nSPS) is 11.3. The molecule has 0 amide bonds. The van der Waals surface area contributed by atoms with Crippen LogP contribution in [0.2, 0.25) is 0 Å². The molecule has 0 aliphatic rings. The second-order valence-electron chi connectivity index (χ2n) is 5.63. The zero-order chi connectivity index (χ0) is 17.4. The van der Waals surface area contributed by atoms with E-state index in [-0.39, 0.29) is 24.0 Å². The van der Waals surface area contributed by atoms with Crippen molar-refractivity contribution in [1.82, 2.24) is 25.6 Å². The van der Waals surface area contributed by atoms with Gasteiger partial charge in [0, 0.05) is 38.3 Å². The first kappa shape index (κ1) is 21.5. The number of hydrogen-bond donors (Lipinski definition) is 2. The van der Waals surface area contributed by atoms with Gasteiger partial charge in [0.15, 0.2) is 5.96 Å². The van der Waals surface area contributed by atoms with Gasteiger partial charge in [-0.2, -0.15) is 5.10 Å². The third kappa shape index (κ3) is 6.33. The van der Waals surface area contributed by atoms with Crippen LogP contribution in [-0.2, 0) is 32.9 Å². The Hall–Kier alpha value is -1.58. The van der Waals surface area contributed by atoms with Crippen LogP contribution < -0.4 is 10.6 Å². The average Bonchev–Trinajstić information content (AvgIpc) is 3.17. The lowest BCUT2D eigenvalue weighted by Crippen LogP contribution is -2.38. The average molecular weight is 460 g/mol. The molecule has 8 heteroatoms. The predicted octanol–water partition coefficient (Wildman–Crippen LogP) is 2.45. The molecule has 0 bridgehead atoms. The molecule has 0 aliphatic heterocycles. The van der Waals surface area contributed by atoms with Crippen LogP contribution in [0, 0.1) is 0 Å². The van der Waals surface area contributed by atoms with E-state index in [0.29, 0.717) is 6.54 Å². The first-order valence-corrected chi connectivity index (χ1v) is 8.63. The van der Waals surface area contributed by atoms with E-state index in [4.69, 9.17) is 4.52 Å². The molecule has 0 atom stereocenters. The molecule has 2 aromatic rings. The highest BCUT2D eigenvalue weighted by molar-refractivity contribution is 14.0. The van der Waals surface area contributed by atoms with Crippen LogP contribution in [0.5, 0.6) is 0 Å². The topological polar surface area (TPSA) is 80.3 Å². The van der Waals surface area contributed by atoms with Crippen molar-refractivity contribution in [2.24, 2.45) is 12.0 Å². The molecule has 0 unspecified atom stereocenters. The van der Waals surface area contributed by atoms with Gasteiger partial charge in [0.2, 0.25) is 0 Å². The summed E-state index contributed by atoms with van der Waals surface area (Å²) in [6.45, 7) is 8.43. The highest BCUT2D eigenvalue weighted by atomic mass is 127. The van der Waals surface area contributed by atoms with E-state index in [1.54, 1.807) is 0 Å². The van der Waals surface area contributed by atoms with Crippen LogP contribution in [0.25, 0.3) is 0 Å². The SMILES string of the molecule is CCNC(=NCc1c(CC)noc1CC)NCCc1cnn(C)c1.I. The fourth-order valence-electron chi connectivity index (χ4n) is 2.54. The summed E-state index contributed by atoms with van der Waals surface area (Å²) in [6.07, 6.45) is 6.53. The molecule has 2 heterocycles. The third-order valence-corrected chi connectivity index (χ3v) is 3.81. The number of halogens is 1. The Bertz CT molecular complexity index is 642. The second-order valence-corrected chi connectivity index (χ2v) is 5.63. The summed E-state index contributed by atoms with van der Waals surface area (Å²) in [5.41, 5.74) is 3.33.